The zero-order valence-electron chi connectivity index (χ0n) is 24.7. The first-order valence-electron chi connectivity index (χ1n) is 14.9. The highest BCUT2D eigenvalue weighted by Crippen LogP contribution is 2.35. The predicted octanol–water partition coefficient (Wildman–Crippen LogP) is 6.90. The summed E-state index contributed by atoms with van der Waals surface area (Å²) < 4.78 is 0. The van der Waals surface area contributed by atoms with Crippen molar-refractivity contribution < 1.29 is 20.4 Å². The molecule has 10 nitrogen and oxygen atoms in total. The Morgan fingerprint density at radius 3 is 1.28 bits per heavy atom. The van der Waals surface area contributed by atoms with Crippen LogP contribution in [0.5, 0.6) is 23.0 Å². The van der Waals surface area contributed by atoms with Crippen molar-refractivity contribution in [2.45, 2.75) is 6.42 Å². The number of hydrogen-bond acceptors (Lipinski definition) is 8. The normalized spacial score (nSPS) is 11.4. The fourth-order valence-corrected chi connectivity index (χ4v) is 5.82. The van der Waals surface area contributed by atoms with Crippen molar-refractivity contribution in [2.24, 2.45) is 0 Å². The number of nitrogens with zero attached hydrogens (tertiary/aromatic N) is 6. The van der Waals surface area contributed by atoms with Crippen LogP contribution in [0.25, 0.3) is 55.7 Å². The van der Waals surface area contributed by atoms with Gasteiger partial charge in [0.25, 0.3) is 0 Å². The van der Waals surface area contributed by atoms with E-state index < -0.39 is 0 Å². The lowest BCUT2D eigenvalue weighted by molar-refractivity contribution is 0.462. The molecule has 0 bridgehead atoms. The first-order chi connectivity index (χ1) is 22.9. The molecular formula is C37H26N6O4. The maximum absolute atomic E-state index is 10.8. The van der Waals surface area contributed by atoms with Gasteiger partial charge in [-0.1, -0.05) is 60.7 Å². The molecular weight excluding hydrogens is 592 g/mol. The van der Waals surface area contributed by atoms with Crippen molar-refractivity contribution >= 4 is 22.1 Å². The Morgan fingerprint density at radius 1 is 0.404 bits per heavy atom. The van der Waals surface area contributed by atoms with E-state index in [1.165, 1.54) is 9.59 Å². The van der Waals surface area contributed by atoms with Crippen molar-refractivity contribution in [2.75, 3.05) is 0 Å². The lowest BCUT2D eigenvalue weighted by atomic mass is 10.0. The molecule has 228 valence electrons. The number of aromatic hydroxyl groups is 4. The summed E-state index contributed by atoms with van der Waals surface area (Å²) in [6.07, 6.45) is 0.202. The first-order valence-corrected chi connectivity index (χ1v) is 14.9. The molecule has 0 amide bonds. The second-order valence-electron chi connectivity index (χ2n) is 11.2. The fraction of sp³-hybridized carbons (Fsp3) is 0.0270. The van der Waals surface area contributed by atoms with Crippen LogP contribution in [0.3, 0.4) is 0 Å². The maximum atomic E-state index is 10.8. The largest absolute Gasteiger partial charge is 0.508 e. The number of phenols is 4. The summed E-state index contributed by atoms with van der Waals surface area (Å²) in [5.74, 6) is 0.413. The van der Waals surface area contributed by atoms with E-state index in [1.54, 1.807) is 60.7 Å². The van der Waals surface area contributed by atoms with Crippen LogP contribution >= 0.6 is 0 Å². The van der Waals surface area contributed by atoms with Crippen molar-refractivity contribution in [3.05, 3.63) is 132 Å². The summed E-state index contributed by atoms with van der Waals surface area (Å²) in [7, 11) is 0. The Kier molecular flexibility index (Phi) is 6.54. The number of benzene rings is 6. The second kappa shape index (κ2) is 11.0. The van der Waals surface area contributed by atoms with Gasteiger partial charge in [0.15, 0.2) is 0 Å². The third-order valence-electron chi connectivity index (χ3n) is 8.18. The van der Waals surface area contributed by atoms with Crippen LogP contribution in [0.4, 0.5) is 0 Å². The second-order valence-corrected chi connectivity index (χ2v) is 11.2. The van der Waals surface area contributed by atoms with Crippen molar-refractivity contribution in [3.8, 4) is 56.6 Å². The average Bonchev–Trinajstić information content (AvgIpc) is 3.72. The van der Waals surface area contributed by atoms with Gasteiger partial charge in [0, 0.05) is 39.8 Å². The van der Waals surface area contributed by atoms with Crippen LogP contribution in [0.2, 0.25) is 0 Å². The van der Waals surface area contributed by atoms with Crippen LogP contribution in [-0.4, -0.2) is 50.4 Å². The highest BCUT2D eigenvalue weighted by molar-refractivity contribution is 5.94. The fourth-order valence-electron chi connectivity index (χ4n) is 5.82. The third-order valence-corrected chi connectivity index (χ3v) is 8.18. The van der Waals surface area contributed by atoms with Crippen LogP contribution < -0.4 is 0 Å². The molecule has 0 saturated carbocycles. The van der Waals surface area contributed by atoms with E-state index in [0.29, 0.717) is 55.7 Å². The van der Waals surface area contributed by atoms with Crippen molar-refractivity contribution in [1.29, 1.82) is 0 Å². The van der Waals surface area contributed by atoms with E-state index in [-0.39, 0.29) is 29.4 Å². The minimum atomic E-state index is 0.0559. The standard InChI is InChI=1S/C37H26N6O4/c44-32-17-15-24(42-38-30-11-5-9-28(36(30)40-42)26-7-1-3-13-34(26)46)20-22(32)19-23-21-25(16-18-33(23)45)43-39-31-12-6-10-29(37(31)41-43)27-8-2-4-14-35(27)47/h1-18,20-21,44-47H,19H2. The van der Waals surface area contributed by atoms with E-state index in [2.05, 4.69) is 10.2 Å². The number of fused-ring (bicyclic) bond motifs is 2. The quantitative estimate of drug-likeness (QED) is 0.158. The van der Waals surface area contributed by atoms with E-state index in [4.69, 9.17) is 10.2 Å². The Balaban J connectivity index is 1.14. The Morgan fingerprint density at radius 2 is 0.830 bits per heavy atom. The van der Waals surface area contributed by atoms with Gasteiger partial charge in [0.1, 0.15) is 45.1 Å². The number of hydrogen-bond donors (Lipinski definition) is 4. The van der Waals surface area contributed by atoms with E-state index in [9.17, 15) is 20.4 Å². The molecule has 47 heavy (non-hydrogen) atoms. The Bertz CT molecular complexity index is 2300. The van der Waals surface area contributed by atoms with Crippen molar-refractivity contribution in [3.63, 3.8) is 0 Å². The van der Waals surface area contributed by atoms with Gasteiger partial charge in [-0.2, -0.15) is 9.59 Å². The highest BCUT2D eigenvalue weighted by atomic mass is 16.3. The van der Waals surface area contributed by atoms with Gasteiger partial charge in [-0.3, -0.25) is 0 Å². The summed E-state index contributed by atoms with van der Waals surface area (Å²) in [6.45, 7) is 0. The highest BCUT2D eigenvalue weighted by Gasteiger charge is 2.17. The summed E-state index contributed by atoms with van der Waals surface area (Å²) in [6, 6.07) is 35.5. The zero-order chi connectivity index (χ0) is 32.1. The molecule has 0 fully saturated rings. The third kappa shape index (κ3) is 4.94. The lowest BCUT2D eigenvalue weighted by Crippen LogP contribution is -2.02. The SMILES string of the molecule is Oc1ccc(-n2nc3cccc(-c4ccccc4O)c3n2)cc1Cc1cc(-n2nc3cccc(-c4ccccc4O)c3n2)ccc1O. The summed E-state index contributed by atoms with van der Waals surface area (Å²) in [4.78, 5) is 2.99. The van der Waals surface area contributed by atoms with Crippen LogP contribution in [0, 0.1) is 0 Å². The predicted molar refractivity (Wildman–Crippen MR) is 178 cm³/mol. The Hall–Kier alpha value is -6.68. The molecule has 0 radical (unpaired) electrons. The number of para-hydroxylation sites is 2. The molecule has 0 aliphatic carbocycles. The summed E-state index contributed by atoms with van der Waals surface area (Å²) >= 11 is 0. The summed E-state index contributed by atoms with van der Waals surface area (Å²) in [5.41, 5.74) is 7.69. The minimum Gasteiger partial charge on any atom is -0.508 e. The smallest absolute Gasteiger partial charge is 0.123 e. The Labute approximate surface area is 267 Å². The minimum absolute atomic E-state index is 0.0559. The molecule has 8 aromatic rings. The molecule has 0 aliphatic rings. The van der Waals surface area contributed by atoms with Gasteiger partial charge >= 0.3 is 0 Å². The van der Waals surface area contributed by atoms with Crippen LogP contribution in [0.1, 0.15) is 11.1 Å². The van der Waals surface area contributed by atoms with Gasteiger partial charge in [-0.05, 0) is 60.7 Å². The van der Waals surface area contributed by atoms with E-state index >= 15 is 0 Å². The molecule has 2 heterocycles. The van der Waals surface area contributed by atoms with Gasteiger partial charge < -0.3 is 20.4 Å². The van der Waals surface area contributed by atoms with Crippen LogP contribution in [-0.2, 0) is 6.42 Å². The number of phenolic OH excluding ortho intramolecular Hbond substituents is 4. The van der Waals surface area contributed by atoms with E-state index in [1.807, 2.05) is 60.7 Å². The number of aromatic nitrogens is 6. The van der Waals surface area contributed by atoms with E-state index in [0.717, 1.165) is 11.1 Å². The first kappa shape index (κ1) is 27.8. The topological polar surface area (TPSA) is 142 Å². The molecule has 2 aromatic heterocycles. The molecule has 8 rings (SSSR count). The van der Waals surface area contributed by atoms with Gasteiger partial charge in [-0.15, -0.1) is 20.4 Å². The van der Waals surface area contributed by atoms with Gasteiger partial charge in [0.05, 0.1) is 11.4 Å². The molecule has 0 atom stereocenters. The lowest BCUT2D eigenvalue weighted by Gasteiger charge is -2.10. The molecule has 0 saturated heterocycles. The van der Waals surface area contributed by atoms with Crippen LogP contribution in [0.15, 0.2) is 121 Å². The molecule has 0 aliphatic heterocycles. The zero-order valence-corrected chi connectivity index (χ0v) is 24.7. The van der Waals surface area contributed by atoms with Gasteiger partial charge in [0.2, 0.25) is 0 Å². The van der Waals surface area contributed by atoms with Crippen molar-refractivity contribution in [1.82, 2.24) is 30.0 Å². The molecule has 6 aromatic carbocycles. The summed E-state index contributed by atoms with van der Waals surface area (Å²) in [5, 5.41) is 61.4. The molecule has 0 spiro atoms. The van der Waals surface area contributed by atoms with Gasteiger partial charge in [-0.25, -0.2) is 0 Å². The average molecular weight is 619 g/mol. The maximum Gasteiger partial charge on any atom is 0.123 e. The molecule has 0 unspecified atom stereocenters. The molecule has 4 N–H and O–H groups in total. The monoisotopic (exact) mass is 618 g/mol. The molecule has 10 heteroatoms. The number of rotatable bonds is 6.